The number of nitrogens with one attached hydrogen (secondary N) is 1. The summed E-state index contributed by atoms with van der Waals surface area (Å²) in [5, 5.41) is 4.23. The Morgan fingerprint density at radius 1 is 0.929 bits per heavy atom. The third kappa shape index (κ3) is 6.02. The molecule has 6 rings (SSSR count). The average molecular weight is 585 g/mol. The predicted octanol–water partition coefficient (Wildman–Crippen LogP) is 6.76. The first-order valence-electron chi connectivity index (χ1n) is 15.0. The molecule has 1 atom stereocenters. The molecule has 0 bridgehead atoms. The first kappa shape index (κ1) is 28.3. The normalized spacial score (nSPS) is 18.8. The number of amides is 1. The van der Waals surface area contributed by atoms with Gasteiger partial charge in [-0.25, -0.2) is 14.3 Å². The molecule has 1 fully saturated rings. The summed E-state index contributed by atoms with van der Waals surface area (Å²) >= 11 is 1.23. The summed E-state index contributed by atoms with van der Waals surface area (Å²) in [5.41, 5.74) is 1.37. The highest BCUT2D eigenvalue weighted by atomic mass is 32.2. The van der Waals surface area contributed by atoms with Crippen LogP contribution in [0.2, 0.25) is 0 Å². The number of hydrogen-bond acceptors (Lipinski definition) is 6. The molecule has 2 heterocycles. The highest BCUT2D eigenvalue weighted by Gasteiger charge is 2.26. The molecule has 2 aromatic carbocycles. The van der Waals surface area contributed by atoms with Crippen molar-refractivity contribution in [2.24, 2.45) is 0 Å². The number of para-hydroxylation sites is 2. The zero-order valence-corrected chi connectivity index (χ0v) is 24.5. The first-order valence-corrected chi connectivity index (χ1v) is 16.0. The molecule has 4 aromatic rings. The molecule has 1 unspecified atom stereocenters. The molecule has 0 radical (unpaired) electrons. The zero-order chi connectivity index (χ0) is 28.9. The van der Waals surface area contributed by atoms with Crippen molar-refractivity contribution in [2.75, 3.05) is 5.75 Å². The fraction of sp³-hybridized carbons (Fsp3) is 0.394. The van der Waals surface area contributed by atoms with E-state index in [1.54, 1.807) is 0 Å². The Morgan fingerprint density at radius 2 is 1.67 bits per heavy atom. The SMILES string of the molecule is O=C(CSc1nc2c3ccccc3n(C(=O)OC3/C=C/CCCCC3)c2c(=O)n1-c1ccccc1)NC1CCCCC1. The largest absolute Gasteiger partial charge is 0.441 e. The Hall–Kier alpha value is -3.85. The van der Waals surface area contributed by atoms with E-state index in [0.29, 0.717) is 27.3 Å². The lowest BCUT2D eigenvalue weighted by atomic mass is 9.95. The molecule has 0 spiro atoms. The molecule has 1 saturated carbocycles. The van der Waals surface area contributed by atoms with E-state index in [1.807, 2.05) is 60.7 Å². The number of thioether (sulfide) groups is 1. The van der Waals surface area contributed by atoms with Crippen LogP contribution < -0.4 is 10.9 Å². The molecule has 0 aliphatic heterocycles. The fourth-order valence-electron chi connectivity index (χ4n) is 6.02. The summed E-state index contributed by atoms with van der Waals surface area (Å²) in [4.78, 5) is 46.0. The van der Waals surface area contributed by atoms with E-state index in [9.17, 15) is 14.4 Å². The third-order valence-electron chi connectivity index (χ3n) is 8.11. The summed E-state index contributed by atoms with van der Waals surface area (Å²) in [6.45, 7) is 0. The minimum Gasteiger partial charge on any atom is -0.441 e. The first-order chi connectivity index (χ1) is 20.6. The van der Waals surface area contributed by atoms with Crippen LogP contribution in [-0.4, -0.2) is 44.0 Å². The number of hydrogen-bond donors (Lipinski definition) is 1. The van der Waals surface area contributed by atoms with Gasteiger partial charge >= 0.3 is 6.09 Å². The van der Waals surface area contributed by atoms with Crippen LogP contribution in [0.15, 0.2) is 76.7 Å². The number of carbonyl (C=O) groups excluding carboxylic acids is 2. The van der Waals surface area contributed by atoms with E-state index in [4.69, 9.17) is 9.72 Å². The maximum absolute atomic E-state index is 14.4. The van der Waals surface area contributed by atoms with Crippen LogP contribution in [-0.2, 0) is 9.53 Å². The van der Waals surface area contributed by atoms with Crippen molar-refractivity contribution in [2.45, 2.75) is 81.5 Å². The van der Waals surface area contributed by atoms with Crippen LogP contribution in [0.25, 0.3) is 27.6 Å². The molecule has 218 valence electrons. The smallest absolute Gasteiger partial charge is 0.419 e. The summed E-state index contributed by atoms with van der Waals surface area (Å²) in [6, 6.07) is 16.8. The van der Waals surface area contributed by atoms with Gasteiger partial charge in [0.2, 0.25) is 5.91 Å². The standard InChI is InChI=1S/C33H36N4O4S/c38-28(34-23-14-6-4-7-15-23)22-42-32-35-29-26-20-12-13-21-27(26)37(33(40)41-25-18-10-2-1-3-11-19-25)30(29)31(39)36(32)24-16-8-5-9-17-24/h5,8-10,12-13,16-18,20-21,23,25H,1-4,6-7,11,14-15,19,22H2,(H,34,38)/b18-10+. The van der Waals surface area contributed by atoms with Crippen molar-refractivity contribution in [1.82, 2.24) is 19.4 Å². The van der Waals surface area contributed by atoms with Gasteiger partial charge in [-0.15, -0.1) is 0 Å². The summed E-state index contributed by atoms with van der Waals surface area (Å²) < 4.78 is 8.84. The van der Waals surface area contributed by atoms with Crippen molar-refractivity contribution >= 4 is 45.7 Å². The van der Waals surface area contributed by atoms with Crippen LogP contribution >= 0.6 is 11.8 Å². The van der Waals surface area contributed by atoms with Crippen molar-refractivity contribution in [3.8, 4) is 5.69 Å². The average Bonchev–Trinajstić information content (AvgIpc) is 3.33. The third-order valence-corrected chi connectivity index (χ3v) is 9.05. The monoisotopic (exact) mass is 584 g/mol. The van der Waals surface area contributed by atoms with Gasteiger partial charge in [0.1, 0.15) is 17.1 Å². The number of aromatic nitrogens is 3. The maximum Gasteiger partial charge on any atom is 0.419 e. The summed E-state index contributed by atoms with van der Waals surface area (Å²) in [5.74, 6) is 0.0646. The van der Waals surface area contributed by atoms with E-state index in [1.165, 1.54) is 27.3 Å². The van der Waals surface area contributed by atoms with Crippen molar-refractivity contribution in [3.05, 3.63) is 77.1 Å². The number of ether oxygens (including phenoxy) is 1. The highest BCUT2D eigenvalue weighted by Crippen LogP contribution is 2.30. The number of allylic oxidation sites excluding steroid dienone is 1. The lowest BCUT2D eigenvalue weighted by Gasteiger charge is -2.22. The number of carbonyl (C=O) groups is 2. The molecular formula is C33H36N4O4S. The van der Waals surface area contributed by atoms with Gasteiger partial charge < -0.3 is 10.1 Å². The van der Waals surface area contributed by atoms with Crippen molar-refractivity contribution < 1.29 is 14.3 Å². The van der Waals surface area contributed by atoms with Gasteiger partial charge in [-0.05, 0) is 62.8 Å². The van der Waals surface area contributed by atoms with Gasteiger partial charge in [-0.2, -0.15) is 0 Å². The second-order valence-corrected chi connectivity index (χ2v) is 12.0. The molecule has 8 nitrogen and oxygen atoms in total. The number of rotatable bonds is 6. The molecule has 1 N–H and O–H groups in total. The van der Waals surface area contributed by atoms with Crippen molar-refractivity contribution in [3.63, 3.8) is 0 Å². The van der Waals surface area contributed by atoms with Crippen LogP contribution in [0.4, 0.5) is 4.79 Å². The topological polar surface area (TPSA) is 95.2 Å². The Morgan fingerprint density at radius 3 is 2.50 bits per heavy atom. The molecule has 9 heteroatoms. The molecule has 2 aliphatic rings. The Kier molecular flexibility index (Phi) is 8.74. The van der Waals surface area contributed by atoms with Crippen LogP contribution in [0.5, 0.6) is 0 Å². The van der Waals surface area contributed by atoms with Gasteiger partial charge in [0.25, 0.3) is 5.56 Å². The Labute approximate surface area is 249 Å². The van der Waals surface area contributed by atoms with Crippen LogP contribution in [0.1, 0.15) is 64.2 Å². The van der Waals surface area contributed by atoms with E-state index in [0.717, 1.165) is 57.8 Å². The Bertz CT molecular complexity index is 1670. The number of fused-ring (bicyclic) bond motifs is 3. The van der Waals surface area contributed by atoms with Crippen molar-refractivity contribution in [1.29, 1.82) is 0 Å². The van der Waals surface area contributed by atoms with E-state index in [2.05, 4.69) is 11.4 Å². The summed E-state index contributed by atoms with van der Waals surface area (Å²) in [7, 11) is 0. The second kappa shape index (κ2) is 13.0. The molecule has 2 aliphatic carbocycles. The quantitative estimate of drug-likeness (QED) is 0.153. The number of nitrogens with zero attached hydrogens (tertiary/aromatic N) is 3. The summed E-state index contributed by atoms with van der Waals surface area (Å²) in [6.07, 6.45) is 13.5. The fourth-order valence-corrected chi connectivity index (χ4v) is 6.83. The molecule has 2 aromatic heterocycles. The van der Waals surface area contributed by atoms with E-state index in [-0.39, 0.29) is 34.9 Å². The van der Waals surface area contributed by atoms with Gasteiger partial charge in [0.15, 0.2) is 5.16 Å². The highest BCUT2D eigenvalue weighted by molar-refractivity contribution is 7.99. The molecular weight excluding hydrogens is 548 g/mol. The number of benzene rings is 2. The van der Waals surface area contributed by atoms with Gasteiger partial charge in [0.05, 0.1) is 17.0 Å². The van der Waals surface area contributed by atoms with E-state index >= 15 is 0 Å². The van der Waals surface area contributed by atoms with Gasteiger partial charge in [0, 0.05) is 11.4 Å². The van der Waals surface area contributed by atoms with Gasteiger partial charge in [-0.3, -0.25) is 14.2 Å². The van der Waals surface area contributed by atoms with Crippen LogP contribution in [0.3, 0.4) is 0 Å². The van der Waals surface area contributed by atoms with E-state index < -0.39 is 6.09 Å². The zero-order valence-electron chi connectivity index (χ0n) is 23.7. The molecule has 1 amide bonds. The Balaban J connectivity index is 1.42. The molecule has 42 heavy (non-hydrogen) atoms. The maximum atomic E-state index is 14.4. The lowest BCUT2D eigenvalue weighted by molar-refractivity contribution is -0.119. The molecule has 0 saturated heterocycles. The predicted molar refractivity (Wildman–Crippen MR) is 166 cm³/mol. The minimum absolute atomic E-state index is 0.0703. The van der Waals surface area contributed by atoms with Gasteiger partial charge in [-0.1, -0.05) is 79.9 Å². The van der Waals surface area contributed by atoms with Crippen LogP contribution in [0, 0.1) is 0 Å². The second-order valence-electron chi connectivity index (χ2n) is 11.1. The lowest BCUT2D eigenvalue weighted by Crippen LogP contribution is -2.37. The minimum atomic E-state index is -0.595.